The zero-order chi connectivity index (χ0) is 20.8. The molecule has 2 aliphatic rings. The van der Waals surface area contributed by atoms with Gasteiger partial charge in [0, 0.05) is 6.42 Å². The average molecular weight is 423 g/mol. The van der Waals surface area contributed by atoms with Crippen LogP contribution in [0.15, 0.2) is 30.3 Å². The van der Waals surface area contributed by atoms with Crippen molar-refractivity contribution in [3.8, 4) is 11.5 Å². The SMILES string of the molecule is C[C@@]1(c2ccc(F)c(F)c2)NC(=O)N(Cc2cc(Cl)c3c(c2)OCCCO3)C1=O. The number of rotatable bonds is 3. The largest absolute Gasteiger partial charge is 0.489 e. The van der Waals surface area contributed by atoms with E-state index in [1.807, 2.05) is 0 Å². The topological polar surface area (TPSA) is 67.9 Å². The highest BCUT2D eigenvalue weighted by Crippen LogP contribution is 2.39. The second-order valence-corrected chi connectivity index (χ2v) is 7.44. The monoisotopic (exact) mass is 422 g/mol. The van der Waals surface area contributed by atoms with Gasteiger partial charge in [0.05, 0.1) is 24.8 Å². The minimum atomic E-state index is -1.51. The maximum Gasteiger partial charge on any atom is 0.325 e. The second-order valence-electron chi connectivity index (χ2n) is 7.03. The Morgan fingerprint density at radius 2 is 1.90 bits per heavy atom. The zero-order valence-electron chi connectivity index (χ0n) is 15.4. The van der Waals surface area contributed by atoms with Crippen molar-refractivity contribution in [2.24, 2.45) is 0 Å². The first-order chi connectivity index (χ1) is 13.8. The number of benzene rings is 2. The third-order valence-electron chi connectivity index (χ3n) is 4.97. The van der Waals surface area contributed by atoms with Crippen LogP contribution in [-0.2, 0) is 16.9 Å². The van der Waals surface area contributed by atoms with Gasteiger partial charge in [0.25, 0.3) is 5.91 Å². The molecule has 0 radical (unpaired) electrons. The molecular weight excluding hydrogens is 406 g/mol. The van der Waals surface area contributed by atoms with Crippen LogP contribution >= 0.6 is 11.6 Å². The average Bonchev–Trinajstić information content (AvgIpc) is 2.85. The number of hydrogen-bond acceptors (Lipinski definition) is 4. The first kappa shape index (κ1) is 19.4. The number of urea groups is 1. The number of carbonyl (C=O) groups excluding carboxylic acids is 2. The molecule has 0 spiro atoms. The lowest BCUT2D eigenvalue weighted by Gasteiger charge is -2.22. The molecule has 4 rings (SSSR count). The third kappa shape index (κ3) is 3.37. The van der Waals surface area contributed by atoms with Crippen LogP contribution in [0.3, 0.4) is 0 Å². The first-order valence-corrected chi connectivity index (χ1v) is 9.35. The van der Waals surface area contributed by atoms with Gasteiger partial charge in [0.2, 0.25) is 0 Å². The van der Waals surface area contributed by atoms with E-state index in [1.165, 1.54) is 13.0 Å². The molecule has 0 bridgehead atoms. The molecule has 152 valence electrons. The van der Waals surface area contributed by atoms with Crippen LogP contribution in [0.25, 0.3) is 0 Å². The lowest BCUT2D eigenvalue weighted by atomic mass is 9.92. The highest BCUT2D eigenvalue weighted by atomic mass is 35.5. The quantitative estimate of drug-likeness (QED) is 0.765. The number of nitrogens with zero attached hydrogens (tertiary/aromatic N) is 1. The molecule has 1 atom stereocenters. The third-order valence-corrected chi connectivity index (χ3v) is 5.26. The molecule has 1 N–H and O–H groups in total. The van der Waals surface area contributed by atoms with Crippen LogP contribution in [0.5, 0.6) is 11.5 Å². The summed E-state index contributed by atoms with van der Waals surface area (Å²) in [4.78, 5) is 26.5. The van der Waals surface area contributed by atoms with Crippen molar-refractivity contribution in [2.45, 2.75) is 25.4 Å². The van der Waals surface area contributed by atoms with E-state index in [0.717, 1.165) is 17.0 Å². The lowest BCUT2D eigenvalue weighted by Crippen LogP contribution is -2.41. The van der Waals surface area contributed by atoms with Crippen molar-refractivity contribution in [3.63, 3.8) is 0 Å². The Balaban J connectivity index is 1.62. The summed E-state index contributed by atoms with van der Waals surface area (Å²) in [5.74, 6) is -1.85. The van der Waals surface area contributed by atoms with Gasteiger partial charge in [-0.15, -0.1) is 0 Å². The van der Waals surface area contributed by atoms with Crippen molar-refractivity contribution in [3.05, 3.63) is 58.1 Å². The number of hydrogen-bond donors (Lipinski definition) is 1. The number of ether oxygens (including phenoxy) is 2. The summed E-state index contributed by atoms with van der Waals surface area (Å²) in [6.45, 7) is 2.32. The fourth-order valence-electron chi connectivity index (χ4n) is 3.40. The number of imide groups is 1. The Hall–Kier alpha value is -2.87. The number of fused-ring (bicyclic) bond motifs is 1. The molecule has 0 aromatic heterocycles. The number of nitrogens with one attached hydrogen (secondary N) is 1. The molecule has 9 heteroatoms. The Morgan fingerprint density at radius 1 is 1.14 bits per heavy atom. The number of carbonyl (C=O) groups is 2. The van der Waals surface area contributed by atoms with Crippen molar-refractivity contribution in [1.29, 1.82) is 0 Å². The maximum atomic E-state index is 13.7. The van der Waals surface area contributed by atoms with Crippen LogP contribution in [0, 0.1) is 11.6 Å². The number of amides is 3. The molecule has 2 aromatic rings. The normalized spacial score (nSPS) is 21.2. The molecule has 1 fully saturated rings. The van der Waals surface area contributed by atoms with Crippen LogP contribution in [-0.4, -0.2) is 30.1 Å². The molecule has 0 saturated carbocycles. The Bertz CT molecular complexity index is 1020. The van der Waals surface area contributed by atoms with E-state index < -0.39 is 29.1 Å². The predicted molar refractivity (Wildman–Crippen MR) is 99.9 cm³/mol. The highest BCUT2D eigenvalue weighted by Gasteiger charge is 2.49. The summed E-state index contributed by atoms with van der Waals surface area (Å²) in [5, 5.41) is 2.87. The molecule has 0 aliphatic carbocycles. The minimum absolute atomic E-state index is 0.0692. The van der Waals surface area contributed by atoms with E-state index in [0.29, 0.717) is 41.7 Å². The molecule has 3 amide bonds. The van der Waals surface area contributed by atoms with E-state index in [2.05, 4.69) is 5.32 Å². The summed E-state index contributed by atoms with van der Waals surface area (Å²) in [7, 11) is 0. The standard InChI is InChI=1S/C20H17ClF2N2O4/c1-20(12-3-4-14(22)15(23)9-12)18(26)25(19(27)24-20)10-11-7-13(21)17-16(8-11)28-5-2-6-29-17/h3-4,7-9H,2,5-6,10H2,1H3,(H,24,27)/t20-/m0/s1. The minimum Gasteiger partial charge on any atom is -0.489 e. The fourth-order valence-corrected chi connectivity index (χ4v) is 3.69. The van der Waals surface area contributed by atoms with Gasteiger partial charge in [-0.2, -0.15) is 0 Å². The predicted octanol–water partition coefficient (Wildman–Crippen LogP) is 3.75. The molecule has 2 aromatic carbocycles. The summed E-state index contributed by atoms with van der Waals surface area (Å²) in [5.41, 5.74) is -0.799. The molecule has 1 saturated heterocycles. The smallest absolute Gasteiger partial charge is 0.325 e. The van der Waals surface area contributed by atoms with Gasteiger partial charge in [-0.25, -0.2) is 13.6 Å². The van der Waals surface area contributed by atoms with Gasteiger partial charge in [-0.05, 0) is 42.3 Å². The molecule has 2 aliphatic heterocycles. The van der Waals surface area contributed by atoms with Crippen molar-refractivity contribution < 1.29 is 27.8 Å². The first-order valence-electron chi connectivity index (χ1n) is 8.97. The fraction of sp³-hybridized carbons (Fsp3) is 0.300. The zero-order valence-corrected chi connectivity index (χ0v) is 16.2. The Morgan fingerprint density at radius 3 is 2.66 bits per heavy atom. The highest BCUT2D eigenvalue weighted by molar-refractivity contribution is 6.32. The van der Waals surface area contributed by atoms with Crippen molar-refractivity contribution >= 4 is 23.5 Å². The van der Waals surface area contributed by atoms with Crippen LogP contribution in [0.2, 0.25) is 5.02 Å². The van der Waals surface area contributed by atoms with E-state index in [9.17, 15) is 18.4 Å². The van der Waals surface area contributed by atoms with Crippen LogP contribution in [0.4, 0.5) is 13.6 Å². The summed E-state index contributed by atoms with van der Waals surface area (Å²) >= 11 is 6.28. The van der Waals surface area contributed by atoms with E-state index >= 15 is 0 Å². The molecular formula is C20H17ClF2N2O4. The second kappa shape index (κ2) is 7.18. The van der Waals surface area contributed by atoms with Gasteiger partial charge in [-0.3, -0.25) is 9.69 Å². The van der Waals surface area contributed by atoms with E-state index in [4.69, 9.17) is 21.1 Å². The summed E-state index contributed by atoms with van der Waals surface area (Å²) < 4.78 is 38.1. The molecule has 29 heavy (non-hydrogen) atoms. The van der Waals surface area contributed by atoms with Crippen LogP contribution in [0.1, 0.15) is 24.5 Å². The van der Waals surface area contributed by atoms with E-state index in [-0.39, 0.29) is 12.1 Å². The maximum absolute atomic E-state index is 13.7. The lowest BCUT2D eigenvalue weighted by molar-refractivity contribution is -0.131. The summed E-state index contributed by atoms with van der Waals surface area (Å²) in [6.07, 6.45) is 0.708. The molecule has 2 heterocycles. The Labute approximate surface area is 170 Å². The Kier molecular flexibility index (Phi) is 4.82. The van der Waals surface area contributed by atoms with Crippen LogP contribution < -0.4 is 14.8 Å². The van der Waals surface area contributed by atoms with Gasteiger partial charge >= 0.3 is 6.03 Å². The molecule has 6 nitrogen and oxygen atoms in total. The van der Waals surface area contributed by atoms with Gasteiger partial charge < -0.3 is 14.8 Å². The summed E-state index contributed by atoms with van der Waals surface area (Å²) in [6, 6.07) is 5.71. The van der Waals surface area contributed by atoms with Crippen molar-refractivity contribution in [1.82, 2.24) is 10.2 Å². The van der Waals surface area contributed by atoms with Gasteiger partial charge in [0.1, 0.15) is 5.54 Å². The van der Waals surface area contributed by atoms with Gasteiger partial charge in [0.15, 0.2) is 23.1 Å². The molecule has 0 unspecified atom stereocenters. The van der Waals surface area contributed by atoms with E-state index in [1.54, 1.807) is 12.1 Å². The van der Waals surface area contributed by atoms with Crippen molar-refractivity contribution in [2.75, 3.05) is 13.2 Å². The number of halogens is 3. The van der Waals surface area contributed by atoms with Gasteiger partial charge in [-0.1, -0.05) is 17.7 Å².